The van der Waals surface area contributed by atoms with Gasteiger partial charge in [-0.1, -0.05) is 18.2 Å². The predicted molar refractivity (Wildman–Crippen MR) is 106 cm³/mol. The molecule has 0 heterocycles. The summed E-state index contributed by atoms with van der Waals surface area (Å²) in [5.74, 6) is 1.26. The molecule has 0 atom stereocenters. The summed E-state index contributed by atoms with van der Waals surface area (Å²) in [6.45, 7) is 0.529. The maximum Gasteiger partial charge on any atom is 0.193 e. The third-order valence-electron chi connectivity index (χ3n) is 3.94. The maximum atomic E-state index is 5.98. The minimum Gasteiger partial charge on any atom is -0.497 e. The van der Waals surface area contributed by atoms with Crippen LogP contribution < -0.4 is 15.8 Å². The second-order valence-corrected chi connectivity index (χ2v) is 5.52. The number of hydrogen-bond acceptors (Lipinski definition) is 2. The molecule has 0 saturated heterocycles. The molecule has 0 radical (unpaired) electrons. The minimum atomic E-state index is 0. The molecule has 0 aliphatic heterocycles. The molecule has 2 aromatic carbocycles. The summed E-state index contributed by atoms with van der Waals surface area (Å²) < 4.78 is 5.20. The second-order valence-electron chi connectivity index (χ2n) is 5.52. The predicted octanol–water partition coefficient (Wildman–Crippen LogP) is 3.73. The van der Waals surface area contributed by atoms with Crippen LogP contribution >= 0.6 is 24.0 Å². The Bertz CT molecular complexity index is 700. The van der Waals surface area contributed by atoms with E-state index in [1.54, 1.807) is 7.11 Å². The van der Waals surface area contributed by atoms with Crippen molar-refractivity contribution in [3.05, 3.63) is 59.2 Å². The third-order valence-corrected chi connectivity index (χ3v) is 3.94. The van der Waals surface area contributed by atoms with Crippen molar-refractivity contribution in [2.75, 3.05) is 12.4 Å². The topological polar surface area (TPSA) is 59.6 Å². The number of nitrogens with two attached hydrogens (primary N) is 1. The molecule has 3 N–H and O–H groups in total. The van der Waals surface area contributed by atoms with Crippen LogP contribution in [0.15, 0.2) is 47.5 Å². The van der Waals surface area contributed by atoms with Gasteiger partial charge in [-0.3, -0.25) is 0 Å². The van der Waals surface area contributed by atoms with E-state index in [0.717, 1.165) is 23.4 Å². The quantitative estimate of drug-likeness (QED) is 0.448. The number of nitrogens with zero attached hydrogens (tertiary/aromatic N) is 1. The molecule has 1 aliphatic rings. The van der Waals surface area contributed by atoms with E-state index < -0.39 is 0 Å². The fourth-order valence-electron chi connectivity index (χ4n) is 2.78. The first-order valence-electron chi connectivity index (χ1n) is 7.56. The Morgan fingerprint density at radius 1 is 1.17 bits per heavy atom. The number of anilines is 1. The molecule has 0 fully saturated rings. The van der Waals surface area contributed by atoms with Crippen LogP contribution in [0.1, 0.15) is 23.1 Å². The van der Waals surface area contributed by atoms with E-state index >= 15 is 0 Å². The lowest BCUT2D eigenvalue weighted by molar-refractivity contribution is 0.414. The lowest BCUT2D eigenvalue weighted by atomic mass is 10.1. The molecule has 0 unspecified atom stereocenters. The summed E-state index contributed by atoms with van der Waals surface area (Å²) in [5.41, 5.74) is 10.9. The van der Waals surface area contributed by atoms with Crippen LogP contribution in [0.25, 0.3) is 0 Å². The van der Waals surface area contributed by atoms with Crippen LogP contribution in [0.5, 0.6) is 5.75 Å². The molecule has 3 rings (SSSR count). The van der Waals surface area contributed by atoms with E-state index in [1.807, 2.05) is 24.3 Å². The zero-order valence-corrected chi connectivity index (χ0v) is 15.5. The van der Waals surface area contributed by atoms with E-state index in [9.17, 15) is 0 Å². The van der Waals surface area contributed by atoms with Gasteiger partial charge in [-0.05, 0) is 60.2 Å². The van der Waals surface area contributed by atoms with Gasteiger partial charge in [-0.25, -0.2) is 4.99 Å². The van der Waals surface area contributed by atoms with Gasteiger partial charge in [-0.2, -0.15) is 0 Å². The summed E-state index contributed by atoms with van der Waals surface area (Å²) in [6, 6.07) is 14.3. The van der Waals surface area contributed by atoms with Crippen LogP contribution in [0.3, 0.4) is 0 Å². The number of ether oxygens (including phenoxy) is 1. The molecule has 0 aromatic heterocycles. The fourth-order valence-corrected chi connectivity index (χ4v) is 2.78. The van der Waals surface area contributed by atoms with Crippen molar-refractivity contribution in [1.29, 1.82) is 0 Å². The standard InChI is InChI=1S/C18H21N3O.HI/c1-22-17-7-2-4-13(10-17)12-20-18(19)21-16-9-8-14-5-3-6-15(14)11-16;/h2,4,7-11H,3,5-6,12H2,1H3,(H3,19,20,21);1H. The first-order valence-corrected chi connectivity index (χ1v) is 7.56. The number of fused-ring (bicyclic) bond motifs is 1. The molecule has 0 saturated carbocycles. The van der Waals surface area contributed by atoms with E-state index in [0.29, 0.717) is 12.5 Å². The van der Waals surface area contributed by atoms with Crippen molar-refractivity contribution >= 4 is 35.6 Å². The van der Waals surface area contributed by atoms with Crippen molar-refractivity contribution in [2.45, 2.75) is 25.8 Å². The number of guanidine groups is 1. The van der Waals surface area contributed by atoms with Crippen molar-refractivity contribution in [3.63, 3.8) is 0 Å². The van der Waals surface area contributed by atoms with E-state index in [1.165, 1.54) is 24.0 Å². The third kappa shape index (κ3) is 4.60. The summed E-state index contributed by atoms with van der Waals surface area (Å²) in [6.07, 6.45) is 3.60. The molecule has 0 bridgehead atoms. The number of halogens is 1. The van der Waals surface area contributed by atoms with Gasteiger partial charge in [0.1, 0.15) is 5.75 Å². The molecule has 23 heavy (non-hydrogen) atoms. The minimum absolute atomic E-state index is 0. The number of aryl methyl sites for hydroxylation is 2. The Labute approximate surface area is 154 Å². The average molecular weight is 423 g/mol. The Morgan fingerprint density at radius 2 is 2.00 bits per heavy atom. The van der Waals surface area contributed by atoms with E-state index in [2.05, 4.69) is 28.5 Å². The number of nitrogens with one attached hydrogen (secondary N) is 1. The monoisotopic (exact) mass is 423 g/mol. The van der Waals surface area contributed by atoms with Crippen LogP contribution in [-0.4, -0.2) is 13.1 Å². The normalized spacial score (nSPS) is 13.2. The van der Waals surface area contributed by atoms with Gasteiger partial charge in [0.15, 0.2) is 5.96 Å². The highest BCUT2D eigenvalue weighted by Gasteiger charge is 2.10. The highest BCUT2D eigenvalue weighted by Crippen LogP contribution is 2.24. The van der Waals surface area contributed by atoms with Gasteiger partial charge in [0.25, 0.3) is 0 Å². The molecule has 5 heteroatoms. The zero-order valence-electron chi connectivity index (χ0n) is 13.2. The average Bonchev–Trinajstić information content (AvgIpc) is 3.01. The smallest absolute Gasteiger partial charge is 0.193 e. The molecule has 0 spiro atoms. The van der Waals surface area contributed by atoms with Gasteiger partial charge in [0.2, 0.25) is 0 Å². The number of methoxy groups -OCH3 is 1. The molecular weight excluding hydrogens is 401 g/mol. The summed E-state index contributed by atoms with van der Waals surface area (Å²) in [7, 11) is 1.66. The van der Waals surface area contributed by atoms with Crippen molar-refractivity contribution < 1.29 is 4.74 Å². The Balaban J connectivity index is 0.00000192. The summed E-state index contributed by atoms with van der Waals surface area (Å²) >= 11 is 0. The van der Waals surface area contributed by atoms with Crippen molar-refractivity contribution in [3.8, 4) is 5.75 Å². The SMILES string of the molecule is COc1cccc(CN=C(N)Nc2ccc3c(c2)CCC3)c1.I. The van der Waals surface area contributed by atoms with Gasteiger partial charge in [0, 0.05) is 5.69 Å². The highest BCUT2D eigenvalue weighted by molar-refractivity contribution is 14.0. The Morgan fingerprint density at radius 3 is 2.83 bits per heavy atom. The lowest BCUT2D eigenvalue weighted by Gasteiger charge is -2.08. The second kappa shape index (κ2) is 8.19. The van der Waals surface area contributed by atoms with E-state index in [4.69, 9.17) is 10.5 Å². The Kier molecular flexibility index (Phi) is 6.27. The van der Waals surface area contributed by atoms with Crippen LogP contribution in [0, 0.1) is 0 Å². The number of rotatable bonds is 4. The van der Waals surface area contributed by atoms with Crippen LogP contribution in [0.2, 0.25) is 0 Å². The lowest BCUT2D eigenvalue weighted by Crippen LogP contribution is -2.22. The van der Waals surface area contributed by atoms with Gasteiger partial charge in [-0.15, -0.1) is 24.0 Å². The van der Waals surface area contributed by atoms with Gasteiger partial charge < -0.3 is 15.8 Å². The van der Waals surface area contributed by atoms with Gasteiger partial charge >= 0.3 is 0 Å². The number of benzene rings is 2. The molecular formula is C18H22IN3O. The molecule has 2 aromatic rings. The molecule has 4 nitrogen and oxygen atoms in total. The van der Waals surface area contributed by atoms with Gasteiger partial charge in [0.05, 0.1) is 13.7 Å². The van der Waals surface area contributed by atoms with Crippen LogP contribution in [0.4, 0.5) is 5.69 Å². The van der Waals surface area contributed by atoms with Crippen molar-refractivity contribution in [2.24, 2.45) is 10.7 Å². The maximum absolute atomic E-state index is 5.98. The molecule has 1 aliphatic carbocycles. The summed E-state index contributed by atoms with van der Waals surface area (Å²) in [4.78, 5) is 4.39. The number of aliphatic imine (C=N–C) groups is 1. The first kappa shape index (κ1) is 17.6. The van der Waals surface area contributed by atoms with Crippen molar-refractivity contribution in [1.82, 2.24) is 0 Å². The van der Waals surface area contributed by atoms with E-state index in [-0.39, 0.29) is 24.0 Å². The zero-order chi connectivity index (χ0) is 15.4. The Hall–Kier alpha value is -1.76. The number of hydrogen-bond donors (Lipinski definition) is 2. The first-order chi connectivity index (χ1) is 10.7. The highest BCUT2D eigenvalue weighted by atomic mass is 127. The fraction of sp³-hybridized carbons (Fsp3) is 0.278. The summed E-state index contributed by atoms with van der Waals surface area (Å²) in [5, 5.41) is 3.17. The molecule has 0 amide bonds. The van der Waals surface area contributed by atoms with Crippen LogP contribution in [-0.2, 0) is 19.4 Å². The molecule has 122 valence electrons. The largest absolute Gasteiger partial charge is 0.497 e.